The molecule has 2 aromatic rings. The lowest BCUT2D eigenvalue weighted by molar-refractivity contribution is 0.0954. The zero-order chi connectivity index (χ0) is 16.3. The lowest BCUT2D eigenvalue weighted by atomic mass is 10.2. The fraction of sp³-hybridized carbons (Fsp3) is 0.143. The summed E-state index contributed by atoms with van der Waals surface area (Å²) in [5, 5.41) is 13.4. The van der Waals surface area contributed by atoms with Crippen LogP contribution in [0.3, 0.4) is 0 Å². The van der Waals surface area contributed by atoms with Gasteiger partial charge in [-0.15, -0.1) is 0 Å². The van der Waals surface area contributed by atoms with E-state index in [0.29, 0.717) is 20.8 Å². The van der Waals surface area contributed by atoms with E-state index >= 15 is 0 Å². The molecular weight excluding hydrogens is 465 g/mol. The molecule has 0 aliphatic heterocycles. The third-order valence-corrected chi connectivity index (χ3v) is 4.14. The Morgan fingerprint density at radius 2 is 2.18 bits per heavy atom. The minimum atomic E-state index is -0.415. The molecule has 2 N–H and O–H groups in total. The number of carbonyl (C=O) groups is 1. The molecule has 1 amide bonds. The third-order valence-electron chi connectivity index (χ3n) is 2.66. The van der Waals surface area contributed by atoms with Crippen molar-refractivity contribution in [2.24, 2.45) is 5.10 Å². The topological polar surface area (TPSA) is 78.1 Å². The summed E-state index contributed by atoms with van der Waals surface area (Å²) in [6, 6.07) is 6.41. The Kier molecular flexibility index (Phi) is 5.46. The highest BCUT2D eigenvalue weighted by atomic mass is 127. The van der Waals surface area contributed by atoms with Crippen LogP contribution in [0.5, 0.6) is 5.75 Å². The second-order valence-electron chi connectivity index (χ2n) is 4.56. The molecule has 0 saturated carbocycles. The van der Waals surface area contributed by atoms with Crippen molar-refractivity contribution in [1.82, 2.24) is 5.43 Å². The fourth-order valence-electron chi connectivity index (χ4n) is 1.62. The predicted octanol–water partition coefficient (Wildman–Crippen LogP) is 3.18. The first-order valence-electron chi connectivity index (χ1n) is 6.17. The van der Waals surface area contributed by atoms with Crippen LogP contribution in [0.25, 0.3) is 0 Å². The molecule has 6 nitrogen and oxygen atoms in total. The molecule has 0 radical (unpaired) electrons. The Morgan fingerprint density at radius 3 is 2.77 bits per heavy atom. The van der Waals surface area contributed by atoms with E-state index in [1.54, 1.807) is 18.2 Å². The van der Waals surface area contributed by atoms with E-state index < -0.39 is 5.91 Å². The molecule has 1 aromatic heterocycles. The lowest BCUT2D eigenvalue weighted by Gasteiger charge is -2.07. The summed E-state index contributed by atoms with van der Waals surface area (Å²) in [6.07, 6.45) is 1.40. The van der Waals surface area contributed by atoms with Crippen LogP contribution < -0.4 is 10.3 Å². The Morgan fingerprint density at radius 1 is 1.45 bits per heavy atom. The van der Waals surface area contributed by atoms with E-state index in [9.17, 15) is 9.90 Å². The number of nitrogens with zero attached hydrogens (tertiary/aromatic N) is 2. The summed E-state index contributed by atoms with van der Waals surface area (Å²) in [5.41, 5.74) is 2.70. The lowest BCUT2D eigenvalue weighted by Crippen LogP contribution is -2.17. The highest BCUT2D eigenvalue weighted by Gasteiger charge is 2.10. The van der Waals surface area contributed by atoms with Crippen molar-refractivity contribution in [2.75, 3.05) is 19.0 Å². The number of benzene rings is 1. The van der Waals surface area contributed by atoms with Crippen molar-refractivity contribution in [3.63, 3.8) is 0 Å². The summed E-state index contributed by atoms with van der Waals surface area (Å²) >= 11 is 5.36. The molecule has 116 valence electrons. The van der Waals surface area contributed by atoms with Crippen LogP contribution in [0.15, 0.2) is 38.3 Å². The second kappa shape index (κ2) is 7.14. The van der Waals surface area contributed by atoms with Crippen molar-refractivity contribution in [3.8, 4) is 5.75 Å². The van der Waals surface area contributed by atoms with Gasteiger partial charge in [-0.1, -0.05) is 0 Å². The summed E-state index contributed by atoms with van der Waals surface area (Å²) in [6.45, 7) is 0. The van der Waals surface area contributed by atoms with Crippen LogP contribution in [-0.2, 0) is 0 Å². The number of hydrazone groups is 1. The maximum Gasteiger partial charge on any atom is 0.271 e. The van der Waals surface area contributed by atoms with Crippen LogP contribution in [0, 0.1) is 3.57 Å². The smallest absolute Gasteiger partial charge is 0.271 e. The van der Waals surface area contributed by atoms with Gasteiger partial charge in [0.15, 0.2) is 5.76 Å². The predicted molar refractivity (Wildman–Crippen MR) is 96.6 cm³/mol. The van der Waals surface area contributed by atoms with Crippen LogP contribution in [0.2, 0.25) is 0 Å². The molecule has 0 aliphatic rings. The molecule has 0 unspecified atom stereocenters. The third kappa shape index (κ3) is 4.01. The zero-order valence-electron chi connectivity index (χ0n) is 11.8. The summed E-state index contributed by atoms with van der Waals surface area (Å²) in [4.78, 5) is 13.7. The molecule has 22 heavy (non-hydrogen) atoms. The van der Waals surface area contributed by atoms with Crippen molar-refractivity contribution in [3.05, 3.63) is 43.6 Å². The second-order valence-corrected chi connectivity index (χ2v) is 6.58. The highest BCUT2D eigenvalue weighted by molar-refractivity contribution is 14.1. The molecule has 2 rings (SSSR count). The summed E-state index contributed by atoms with van der Waals surface area (Å²) in [7, 11) is 3.71. The standard InChI is InChI=1S/C14H13BrIN3O3/c1-19(2)14-10(15)6-9(22-14)7-17-18-13(21)8-3-4-11(16)12(20)5-8/h3-7,20H,1-2H3,(H,18,21). The molecule has 8 heteroatoms. The van der Waals surface area contributed by atoms with E-state index in [-0.39, 0.29) is 5.75 Å². The quantitative estimate of drug-likeness (QED) is 0.402. The monoisotopic (exact) mass is 477 g/mol. The van der Waals surface area contributed by atoms with Gasteiger partial charge in [0.25, 0.3) is 5.91 Å². The maximum absolute atomic E-state index is 11.9. The van der Waals surface area contributed by atoms with Gasteiger partial charge >= 0.3 is 0 Å². The van der Waals surface area contributed by atoms with Crippen molar-refractivity contribution in [1.29, 1.82) is 0 Å². The molecule has 0 bridgehead atoms. The Hall–Kier alpha value is -1.55. The zero-order valence-corrected chi connectivity index (χ0v) is 15.5. The molecule has 0 saturated heterocycles. The number of halogens is 2. The largest absolute Gasteiger partial charge is 0.507 e. The van der Waals surface area contributed by atoms with Crippen molar-refractivity contribution in [2.45, 2.75) is 0 Å². The SMILES string of the molecule is CN(C)c1oc(C=NNC(=O)c2ccc(I)c(O)c2)cc1Br. The highest BCUT2D eigenvalue weighted by Crippen LogP contribution is 2.27. The molecular formula is C14H13BrIN3O3. The van der Waals surface area contributed by atoms with Crippen molar-refractivity contribution >= 4 is 56.5 Å². The molecule has 0 fully saturated rings. The molecule has 0 spiro atoms. The summed E-state index contributed by atoms with van der Waals surface area (Å²) in [5.74, 6) is 0.806. The van der Waals surface area contributed by atoms with Crippen LogP contribution in [0.1, 0.15) is 16.1 Å². The molecule has 1 aromatic carbocycles. The number of carbonyl (C=O) groups excluding carboxylic acids is 1. The van der Waals surface area contributed by atoms with E-state index in [0.717, 1.165) is 4.47 Å². The van der Waals surface area contributed by atoms with Crippen molar-refractivity contribution < 1.29 is 14.3 Å². The van der Waals surface area contributed by atoms with Gasteiger partial charge in [-0.3, -0.25) is 4.79 Å². The van der Waals surface area contributed by atoms with E-state index in [1.165, 1.54) is 12.3 Å². The number of furan rings is 1. The number of aromatic hydroxyl groups is 1. The fourth-order valence-corrected chi connectivity index (χ4v) is 2.61. The van der Waals surface area contributed by atoms with Crippen LogP contribution in [0.4, 0.5) is 5.88 Å². The number of rotatable bonds is 4. The Balaban J connectivity index is 2.04. The number of hydrogen-bond acceptors (Lipinski definition) is 5. The van der Waals surface area contributed by atoms with E-state index in [1.807, 2.05) is 41.6 Å². The van der Waals surface area contributed by atoms with Gasteiger partial charge in [0.05, 0.1) is 14.3 Å². The van der Waals surface area contributed by atoms with Gasteiger partial charge in [-0.25, -0.2) is 5.43 Å². The minimum Gasteiger partial charge on any atom is -0.507 e. The number of nitrogens with one attached hydrogen (secondary N) is 1. The van der Waals surface area contributed by atoms with Crippen LogP contribution in [-0.4, -0.2) is 31.3 Å². The first-order valence-corrected chi connectivity index (χ1v) is 8.04. The van der Waals surface area contributed by atoms with Gasteiger partial charge in [0.2, 0.25) is 5.88 Å². The normalized spacial score (nSPS) is 10.9. The number of amides is 1. The maximum atomic E-state index is 11.9. The minimum absolute atomic E-state index is 0.0582. The van der Waals surface area contributed by atoms with Crippen LogP contribution >= 0.6 is 38.5 Å². The van der Waals surface area contributed by atoms with Gasteiger partial charge in [0, 0.05) is 25.7 Å². The number of hydrogen-bond donors (Lipinski definition) is 2. The average Bonchev–Trinajstić information content (AvgIpc) is 2.83. The van der Waals surface area contributed by atoms with Gasteiger partial charge < -0.3 is 14.4 Å². The first kappa shape index (κ1) is 16.8. The van der Waals surface area contributed by atoms with Gasteiger partial charge in [-0.05, 0) is 56.7 Å². The summed E-state index contributed by atoms with van der Waals surface area (Å²) < 4.78 is 7.01. The van der Waals surface area contributed by atoms with Gasteiger partial charge in [-0.2, -0.15) is 5.10 Å². The molecule has 0 atom stereocenters. The Labute approximate surface area is 149 Å². The molecule has 0 aliphatic carbocycles. The number of phenolic OH excluding ortho intramolecular Hbond substituents is 1. The first-order chi connectivity index (χ1) is 10.4. The van der Waals surface area contributed by atoms with Gasteiger partial charge in [0.1, 0.15) is 5.75 Å². The average molecular weight is 478 g/mol. The Bertz CT molecular complexity index is 728. The number of phenols is 1. The van der Waals surface area contributed by atoms with E-state index in [4.69, 9.17) is 4.42 Å². The molecule has 1 heterocycles. The number of anilines is 1. The van der Waals surface area contributed by atoms with E-state index in [2.05, 4.69) is 26.5 Å².